The zero-order valence-electron chi connectivity index (χ0n) is 16.1. The summed E-state index contributed by atoms with van der Waals surface area (Å²) in [5.74, 6) is -0.671. The summed E-state index contributed by atoms with van der Waals surface area (Å²) in [6.45, 7) is 4.97. The Morgan fingerprint density at radius 1 is 1.11 bits per heavy atom. The first-order chi connectivity index (χ1) is 12.8. The SMILES string of the molecule is C[C@H]1C[C@H](C)CN(S(=O)(=O)c2ccc(F)c(C(=O)NC3CCCCC3)c2)C1. The number of rotatable bonds is 4. The number of amides is 1. The molecule has 1 aromatic rings. The van der Waals surface area contributed by atoms with Crippen molar-refractivity contribution in [3.05, 3.63) is 29.6 Å². The van der Waals surface area contributed by atoms with Crippen LogP contribution in [0.1, 0.15) is 62.7 Å². The Morgan fingerprint density at radius 3 is 2.37 bits per heavy atom. The Kier molecular flexibility index (Phi) is 6.21. The topological polar surface area (TPSA) is 66.5 Å². The third-order valence-corrected chi connectivity index (χ3v) is 7.42. The predicted octanol–water partition coefficient (Wildman–Crippen LogP) is 3.55. The molecule has 1 aliphatic carbocycles. The number of nitrogens with one attached hydrogen (secondary N) is 1. The fourth-order valence-electron chi connectivity index (χ4n) is 4.30. The first-order valence-electron chi connectivity index (χ1n) is 9.88. The highest BCUT2D eigenvalue weighted by Crippen LogP contribution is 2.27. The number of hydrogen-bond donors (Lipinski definition) is 1. The number of benzene rings is 1. The lowest BCUT2D eigenvalue weighted by Crippen LogP contribution is -2.42. The van der Waals surface area contributed by atoms with Crippen molar-refractivity contribution in [2.75, 3.05) is 13.1 Å². The molecule has 2 atom stereocenters. The minimum absolute atomic E-state index is 0.0148. The van der Waals surface area contributed by atoms with Crippen LogP contribution in [0.3, 0.4) is 0 Å². The summed E-state index contributed by atoms with van der Waals surface area (Å²) in [7, 11) is -3.75. The van der Waals surface area contributed by atoms with E-state index >= 15 is 0 Å². The molecule has 0 bridgehead atoms. The Balaban J connectivity index is 1.82. The molecule has 27 heavy (non-hydrogen) atoms. The van der Waals surface area contributed by atoms with Crippen LogP contribution in [-0.2, 0) is 10.0 Å². The van der Waals surface area contributed by atoms with Gasteiger partial charge in [0.05, 0.1) is 10.5 Å². The van der Waals surface area contributed by atoms with E-state index in [0.717, 1.165) is 44.6 Å². The minimum Gasteiger partial charge on any atom is -0.349 e. The van der Waals surface area contributed by atoms with Crippen molar-refractivity contribution >= 4 is 15.9 Å². The highest BCUT2D eigenvalue weighted by Gasteiger charge is 2.32. The van der Waals surface area contributed by atoms with Crippen LogP contribution in [0.15, 0.2) is 23.1 Å². The standard InChI is InChI=1S/C20H29FN2O3S/c1-14-10-15(2)13-23(12-14)27(25,26)17-8-9-19(21)18(11-17)20(24)22-16-6-4-3-5-7-16/h8-9,11,14-16H,3-7,10,12-13H2,1-2H3,(H,22,24)/t14-,15-/m0/s1. The molecule has 5 nitrogen and oxygen atoms in total. The summed E-state index contributed by atoms with van der Waals surface area (Å²) < 4.78 is 41.8. The lowest BCUT2D eigenvalue weighted by molar-refractivity contribution is 0.0923. The molecule has 1 saturated heterocycles. The molecule has 1 saturated carbocycles. The van der Waals surface area contributed by atoms with Gasteiger partial charge in [0.15, 0.2) is 0 Å². The van der Waals surface area contributed by atoms with Gasteiger partial charge in [0, 0.05) is 19.1 Å². The average molecular weight is 397 g/mol. The molecule has 0 spiro atoms. The number of sulfonamides is 1. The van der Waals surface area contributed by atoms with E-state index in [1.807, 2.05) is 13.8 Å². The number of carbonyl (C=O) groups is 1. The van der Waals surface area contributed by atoms with Crippen LogP contribution in [0.2, 0.25) is 0 Å². The third-order valence-electron chi connectivity index (χ3n) is 5.60. The van der Waals surface area contributed by atoms with Crippen LogP contribution in [0.25, 0.3) is 0 Å². The zero-order chi connectivity index (χ0) is 19.6. The minimum atomic E-state index is -3.75. The summed E-state index contributed by atoms with van der Waals surface area (Å²) in [4.78, 5) is 12.5. The molecule has 1 aromatic carbocycles. The van der Waals surface area contributed by atoms with Crippen molar-refractivity contribution in [2.24, 2.45) is 11.8 Å². The zero-order valence-corrected chi connectivity index (χ0v) is 16.9. The van der Waals surface area contributed by atoms with Gasteiger partial charge >= 0.3 is 0 Å². The van der Waals surface area contributed by atoms with Crippen LogP contribution >= 0.6 is 0 Å². The smallest absolute Gasteiger partial charge is 0.254 e. The molecule has 150 valence electrons. The fraction of sp³-hybridized carbons (Fsp3) is 0.650. The van der Waals surface area contributed by atoms with Gasteiger partial charge in [0.1, 0.15) is 5.82 Å². The third kappa shape index (κ3) is 4.69. The van der Waals surface area contributed by atoms with Gasteiger partial charge in [0.2, 0.25) is 10.0 Å². The van der Waals surface area contributed by atoms with Crippen molar-refractivity contribution < 1.29 is 17.6 Å². The van der Waals surface area contributed by atoms with Crippen molar-refractivity contribution in [2.45, 2.75) is 63.3 Å². The van der Waals surface area contributed by atoms with E-state index in [-0.39, 0.29) is 28.3 Å². The first-order valence-corrected chi connectivity index (χ1v) is 11.3. The van der Waals surface area contributed by atoms with E-state index in [9.17, 15) is 17.6 Å². The first kappa shape index (κ1) is 20.3. The monoisotopic (exact) mass is 396 g/mol. The van der Waals surface area contributed by atoms with Crippen molar-refractivity contribution in [3.8, 4) is 0 Å². The number of hydrogen-bond acceptors (Lipinski definition) is 3. The second kappa shape index (κ2) is 8.27. The summed E-state index contributed by atoms with van der Waals surface area (Å²) in [6, 6.07) is 3.56. The van der Waals surface area contributed by atoms with Gasteiger partial charge in [0.25, 0.3) is 5.91 Å². The number of nitrogens with zero attached hydrogens (tertiary/aromatic N) is 1. The van der Waals surface area contributed by atoms with E-state index in [4.69, 9.17) is 0 Å². The predicted molar refractivity (Wildman–Crippen MR) is 102 cm³/mol. The van der Waals surface area contributed by atoms with Crippen molar-refractivity contribution in [1.82, 2.24) is 9.62 Å². The molecule has 1 heterocycles. The van der Waals surface area contributed by atoms with E-state index in [2.05, 4.69) is 5.32 Å². The molecular formula is C20H29FN2O3S. The molecule has 1 aliphatic heterocycles. The van der Waals surface area contributed by atoms with Crippen LogP contribution in [0.5, 0.6) is 0 Å². The summed E-state index contributed by atoms with van der Waals surface area (Å²) in [5, 5.41) is 2.86. The molecule has 0 unspecified atom stereocenters. The van der Waals surface area contributed by atoms with Gasteiger partial charge in [-0.1, -0.05) is 33.1 Å². The molecule has 2 fully saturated rings. The summed E-state index contributed by atoms with van der Waals surface area (Å²) in [5.41, 5.74) is -0.195. The van der Waals surface area contributed by atoms with E-state index in [1.165, 1.54) is 16.4 Å². The molecule has 7 heteroatoms. The van der Waals surface area contributed by atoms with Gasteiger partial charge < -0.3 is 5.32 Å². The largest absolute Gasteiger partial charge is 0.349 e. The second-order valence-corrected chi connectivity index (χ2v) is 10.2. The molecule has 1 N–H and O–H groups in total. The van der Waals surface area contributed by atoms with Crippen molar-refractivity contribution in [3.63, 3.8) is 0 Å². The summed E-state index contributed by atoms with van der Waals surface area (Å²) >= 11 is 0. The number of carbonyl (C=O) groups excluding carboxylic acids is 1. The highest BCUT2D eigenvalue weighted by atomic mass is 32.2. The van der Waals surface area contributed by atoms with E-state index in [0.29, 0.717) is 13.1 Å². The molecule has 0 radical (unpaired) electrons. The molecule has 2 aliphatic rings. The Morgan fingerprint density at radius 2 is 1.74 bits per heavy atom. The molecule has 0 aromatic heterocycles. The molecule has 3 rings (SSSR count). The Bertz CT molecular complexity index is 780. The van der Waals surface area contributed by atoms with E-state index < -0.39 is 21.7 Å². The normalized spacial score (nSPS) is 25.3. The highest BCUT2D eigenvalue weighted by molar-refractivity contribution is 7.89. The van der Waals surface area contributed by atoms with Crippen LogP contribution < -0.4 is 5.32 Å². The Labute approximate surface area is 161 Å². The summed E-state index contributed by atoms with van der Waals surface area (Å²) in [6.07, 6.45) is 6.01. The van der Waals surface area contributed by atoms with Gasteiger partial charge in [-0.25, -0.2) is 12.8 Å². The van der Waals surface area contributed by atoms with Gasteiger partial charge in [-0.2, -0.15) is 4.31 Å². The van der Waals surface area contributed by atoms with Crippen molar-refractivity contribution in [1.29, 1.82) is 0 Å². The lowest BCUT2D eigenvalue weighted by Gasteiger charge is -2.34. The van der Waals surface area contributed by atoms with Gasteiger partial charge in [-0.05, 0) is 49.3 Å². The van der Waals surface area contributed by atoms with Gasteiger partial charge in [-0.3, -0.25) is 4.79 Å². The van der Waals surface area contributed by atoms with E-state index in [1.54, 1.807) is 0 Å². The van der Waals surface area contributed by atoms with Crippen LogP contribution in [-0.4, -0.2) is 37.8 Å². The fourth-order valence-corrected chi connectivity index (χ4v) is 6.01. The average Bonchev–Trinajstić information content (AvgIpc) is 2.62. The van der Waals surface area contributed by atoms with Crippen LogP contribution in [0.4, 0.5) is 4.39 Å². The number of piperidine rings is 1. The van der Waals surface area contributed by atoms with Crippen LogP contribution in [0, 0.1) is 17.7 Å². The maximum Gasteiger partial charge on any atom is 0.254 e. The maximum atomic E-state index is 14.3. The van der Waals surface area contributed by atoms with Gasteiger partial charge in [-0.15, -0.1) is 0 Å². The Hall–Kier alpha value is -1.47. The number of halogens is 1. The quantitative estimate of drug-likeness (QED) is 0.846. The second-order valence-electron chi connectivity index (χ2n) is 8.22. The lowest BCUT2D eigenvalue weighted by atomic mass is 9.94. The molecule has 1 amide bonds. The maximum absolute atomic E-state index is 14.3. The molecular weight excluding hydrogens is 367 g/mol.